The standard InChI is InChI=1S/C15H22N2O/c1-15(2,3)9-12(18)10-17-11-16(4)13-7-5-6-8-14(13)17/h5-8,10,18H,9,11H2,1-4H3/b12-10-. The molecule has 3 nitrogen and oxygen atoms in total. The van der Waals surface area contributed by atoms with Gasteiger partial charge in [-0.1, -0.05) is 32.9 Å². The Labute approximate surface area is 109 Å². The van der Waals surface area contributed by atoms with Crippen LogP contribution in [0.4, 0.5) is 11.4 Å². The van der Waals surface area contributed by atoms with Crippen LogP contribution in [-0.2, 0) is 0 Å². The van der Waals surface area contributed by atoms with Crippen LogP contribution in [0.5, 0.6) is 0 Å². The second-order valence-corrected chi connectivity index (χ2v) is 6.16. The number of fused-ring (bicyclic) bond motifs is 1. The van der Waals surface area contributed by atoms with Crippen molar-refractivity contribution in [3.05, 3.63) is 36.2 Å². The van der Waals surface area contributed by atoms with Gasteiger partial charge in [0.05, 0.1) is 18.0 Å². The molecular weight excluding hydrogens is 224 g/mol. The minimum atomic E-state index is 0.103. The highest BCUT2D eigenvalue weighted by atomic mass is 16.3. The van der Waals surface area contributed by atoms with Crippen LogP contribution in [0.1, 0.15) is 27.2 Å². The van der Waals surface area contributed by atoms with Crippen molar-refractivity contribution < 1.29 is 5.11 Å². The van der Waals surface area contributed by atoms with Gasteiger partial charge in [0.1, 0.15) is 5.76 Å². The van der Waals surface area contributed by atoms with Crippen LogP contribution < -0.4 is 9.80 Å². The predicted octanol–water partition coefficient (Wildman–Crippen LogP) is 3.74. The molecule has 1 aromatic rings. The first-order valence-corrected chi connectivity index (χ1v) is 6.33. The maximum absolute atomic E-state index is 10.1. The summed E-state index contributed by atoms with van der Waals surface area (Å²) in [6.45, 7) is 7.16. The number of hydrogen-bond donors (Lipinski definition) is 1. The minimum absolute atomic E-state index is 0.103. The number of aliphatic hydroxyl groups is 1. The van der Waals surface area contributed by atoms with Crippen molar-refractivity contribution >= 4 is 11.4 Å². The molecule has 98 valence electrons. The van der Waals surface area contributed by atoms with Crippen LogP contribution in [0.3, 0.4) is 0 Å². The lowest BCUT2D eigenvalue weighted by molar-refractivity contribution is 0.303. The number of anilines is 2. The first kappa shape index (κ1) is 12.8. The highest BCUT2D eigenvalue weighted by molar-refractivity contribution is 5.76. The Morgan fingerprint density at radius 3 is 2.50 bits per heavy atom. The van der Waals surface area contributed by atoms with Gasteiger partial charge in [-0.25, -0.2) is 0 Å². The van der Waals surface area contributed by atoms with E-state index in [1.54, 1.807) is 0 Å². The minimum Gasteiger partial charge on any atom is -0.511 e. The molecule has 0 fully saturated rings. The van der Waals surface area contributed by atoms with Gasteiger partial charge in [-0.05, 0) is 17.5 Å². The second kappa shape index (κ2) is 4.56. The van der Waals surface area contributed by atoms with Crippen LogP contribution in [0.25, 0.3) is 0 Å². The van der Waals surface area contributed by atoms with Gasteiger partial charge >= 0.3 is 0 Å². The highest BCUT2D eigenvalue weighted by Crippen LogP contribution is 2.35. The molecule has 0 atom stereocenters. The second-order valence-electron chi connectivity index (χ2n) is 6.16. The van der Waals surface area contributed by atoms with Crippen LogP contribution in [0.2, 0.25) is 0 Å². The van der Waals surface area contributed by atoms with Crippen LogP contribution in [0.15, 0.2) is 36.2 Å². The number of para-hydroxylation sites is 2. The maximum Gasteiger partial charge on any atom is 0.109 e. The van der Waals surface area contributed by atoms with E-state index in [1.807, 2.05) is 18.3 Å². The van der Waals surface area contributed by atoms with E-state index in [9.17, 15) is 5.11 Å². The third-order valence-corrected chi connectivity index (χ3v) is 2.98. The number of benzene rings is 1. The van der Waals surface area contributed by atoms with Crippen molar-refractivity contribution in [3.63, 3.8) is 0 Å². The van der Waals surface area contributed by atoms with Crippen LogP contribution in [-0.4, -0.2) is 18.8 Å². The van der Waals surface area contributed by atoms with E-state index >= 15 is 0 Å². The normalized spacial score (nSPS) is 16.1. The molecule has 0 saturated heterocycles. The quantitative estimate of drug-likeness (QED) is 0.805. The molecule has 1 aliphatic rings. The van der Waals surface area contributed by atoms with Gasteiger partial charge in [0.25, 0.3) is 0 Å². The summed E-state index contributed by atoms with van der Waals surface area (Å²) in [5.41, 5.74) is 2.46. The fourth-order valence-corrected chi connectivity index (χ4v) is 2.29. The summed E-state index contributed by atoms with van der Waals surface area (Å²) in [5.74, 6) is 0.438. The average molecular weight is 246 g/mol. The van der Waals surface area contributed by atoms with Crippen LogP contribution in [0, 0.1) is 5.41 Å². The van der Waals surface area contributed by atoms with Gasteiger partial charge in [-0.2, -0.15) is 0 Å². The Kier molecular flexibility index (Phi) is 3.24. The zero-order valence-corrected chi connectivity index (χ0v) is 11.6. The van der Waals surface area contributed by atoms with Gasteiger partial charge in [-0.3, -0.25) is 0 Å². The van der Waals surface area contributed by atoms with E-state index in [1.165, 1.54) is 5.69 Å². The monoisotopic (exact) mass is 246 g/mol. The van der Waals surface area contributed by atoms with Gasteiger partial charge in [0.15, 0.2) is 0 Å². The molecule has 0 bridgehead atoms. The lowest BCUT2D eigenvalue weighted by Crippen LogP contribution is -2.24. The Bertz CT molecular complexity index is 460. The zero-order chi connectivity index (χ0) is 13.3. The summed E-state index contributed by atoms with van der Waals surface area (Å²) < 4.78 is 0. The van der Waals surface area contributed by atoms with E-state index in [0.717, 1.165) is 12.4 Å². The van der Waals surface area contributed by atoms with Crippen molar-refractivity contribution in [1.29, 1.82) is 0 Å². The summed E-state index contributed by atoms with van der Waals surface area (Å²) in [4.78, 5) is 4.27. The lowest BCUT2D eigenvalue weighted by atomic mass is 9.91. The smallest absolute Gasteiger partial charge is 0.109 e. The SMILES string of the molecule is CN1CN(/C=C(\O)CC(C)(C)C)c2ccccc21. The summed E-state index contributed by atoms with van der Waals surface area (Å²) in [6.07, 6.45) is 2.54. The fourth-order valence-electron chi connectivity index (χ4n) is 2.29. The van der Waals surface area contributed by atoms with Crippen molar-refractivity contribution in [2.45, 2.75) is 27.2 Å². The summed E-state index contributed by atoms with van der Waals surface area (Å²) >= 11 is 0. The Hall–Kier alpha value is -1.64. The molecule has 18 heavy (non-hydrogen) atoms. The Balaban J connectivity index is 2.20. The number of nitrogens with zero attached hydrogens (tertiary/aromatic N) is 2. The molecular formula is C15H22N2O. The lowest BCUT2D eigenvalue weighted by Gasteiger charge is -2.20. The van der Waals surface area contributed by atoms with Gasteiger partial charge in [0.2, 0.25) is 0 Å². The number of aliphatic hydroxyl groups excluding tert-OH is 1. The largest absolute Gasteiger partial charge is 0.511 e. The number of allylic oxidation sites excluding steroid dienone is 1. The first-order valence-electron chi connectivity index (χ1n) is 6.33. The van der Waals surface area contributed by atoms with Crippen molar-refractivity contribution in [2.24, 2.45) is 5.41 Å². The molecule has 0 saturated carbocycles. The van der Waals surface area contributed by atoms with E-state index in [2.05, 4.69) is 49.8 Å². The fraction of sp³-hybridized carbons (Fsp3) is 0.467. The molecule has 1 N–H and O–H groups in total. The van der Waals surface area contributed by atoms with Gasteiger partial charge in [0, 0.05) is 19.7 Å². The molecule has 0 aromatic heterocycles. The van der Waals surface area contributed by atoms with E-state index in [4.69, 9.17) is 0 Å². The molecule has 0 aliphatic carbocycles. The predicted molar refractivity (Wildman–Crippen MR) is 77.0 cm³/mol. The molecule has 0 amide bonds. The van der Waals surface area contributed by atoms with E-state index in [0.29, 0.717) is 12.2 Å². The molecule has 2 rings (SSSR count). The molecule has 0 radical (unpaired) electrons. The topological polar surface area (TPSA) is 26.7 Å². The van der Waals surface area contributed by atoms with E-state index < -0.39 is 0 Å². The first-order chi connectivity index (χ1) is 8.37. The molecule has 0 spiro atoms. The van der Waals surface area contributed by atoms with Crippen LogP contribution >= 0.6 is 0 Å². The third-order valence-electron chi connectivity index (χ3n) is 2.98. The van der Waals surface area contributed by atoms with Gasteiger partial charge < -0.3 is 14.9 Å². The molecule has 1 heterocycles. The zero-order valence-electron chi connectivity index (χ0n) is 11.6. The Morgan fingerprint density at radius 1 is 1.28 bits per heavy atom. The Morgan fingerprint density at radius 2 is 1.89 bits per heavy atom. The third kappa shape index (κ3) is 2.78. The van der Waals surface area contributed by atoms with E-state index in [-0.39, 0.29) is 5.41 Å². The average Bonchev–Trinajstić information content (AvgIpc) is 2.54. The summed E-state index contributed by atoms with van der Waals surface area (Å²) in [5, 5.41) is 10.1. The molecule has 1 aliphatic heterocycles. The number of rotatable bonds is 2. The summed E-state index contributed by atoms with van der Waals surface area (Å²) in [6, 6.07) is 8.25. The number of hydrogen-bond acceptors (Lipinski definition) is 3. The van der Waals surface area contributed by atoms with Crippen molar-refractivity contribution in [3.8, 4) is 0 Å². The maximum atomic E-state index is 10.1. The van der Waals surface area contributed by atoms with Crippen molar-refractivity contribution in [2.75, 3.05) is 23.5 Å². The highest BCUT2D eigenvalue weighted by Gasteiger charge is 2.22. The molecule has 0 unspecified atom stereocenters. The summed E-state index contributed by atoms with van der Waals surface area (Å²) in [7, 11) is 2.06. The molecule has 1 aromatic carbocycles. The van der Waals surface area contributed by atoms with Gasteiger partial charge in [-0.15, -0.1) is 0 Å². The van der Waals surface area contributed by atoms with Crippen molar-refractivity contribution in [1.82, 2.24) is 0 Å². The molecule has 3 heteroatoms.